The summed E-state index contributed by atoms with van der Waals surface area (Å²) in [7, 11) is 0. The number of para-hydroxylation sites is 1. The van der Waals surface area contributed by atoms with E-state index in [2.05, 4.69) is 11.9 Å². The lowest BCUT2D eigenvalue weighted by Gasteiger charge is -2.09. The third kappa shape index (κ3) is 3.67. The van der Waals surface area contributed by atoms with E-state index in [1.165, 1.54) is 6.07 Å². The molecule has 1 heterocycles. The second kappa shape index (κ2) is 6.53. The zero-order valence-corrected chi connectivity index (χ0v) is 11.5. The molecule has 0 saturated heterocycles. The molecule has 19 heavy (non-hydrogen) atoms. The predicted octanol–water partition coefficient (Wildman–Crippen LogP) is 4.70. The minimum Gasteiger partial charge on any atom is -0.436 e. The molecule has 2 aromatic rings. The third-order valence-electron chi connectivity index (χ3n) is 2.63. The van der Waals surface area contributed by atoms with Crippen molar-refractivity contribution < 1.29 is 9.13 Å². The van der Waals surface area contributed by atoms with Gasteiger partial charge in [0.2, 0.25) is 5.88 Å². The number of nitrogens with zero attached hydrogens (tertiary/aromatic N) is 1. The lowest BCUT2D eigenvalue weighted by atomic mass is 10.2. The smallest absolute Gasteiger partial charge is 0.219 e. The number of pyridine rings is 1. The van der Waals surface area contributed by atoms with E-state index in [4.69, 9.17) is 16.3 Å². The summed E-state index contributed by atoms with van der Waals surface area (Å²) >= 11 is 5.85. The molecule has 0 aliphatic rings. The normalized spacial score (nSPS) is 10.5. The lowest BCUT2D eigenvalue weighted by molar-refractivity contribution is 0.425. The van der Waals surface area contributed by atoms with Crippen LogP contribution in [0.25, 0.3) is 0 Å². The standard InChI is InChI=1S/C15H15ClFNO/c1-2-5-12-8-11(10-16)9-15(18-12)19-14-7-4-3-6-13(14)17/h3-4,6-9H,2,5,10H2,1H3. The van der Waals surface area contributed by atoms with Crippen LogP contribution in [0.3, 0.4) is 0 Å². The average molecular weight is 280 g/mol. The maximum Gasteiger partial charge on any atom is 0.219 e. The van der Waals surface area contributed by atoms with Gasteiger partial charge in [-0.25, -0.2) is 9.37 Å². The molecular formula is C15H15ClFNO. The number of ether oxygens (including phenoxy) is 1. The summed E-state index contributed by atoms with van der Waals surface area (Å²) in [6, 6.07) is 9.95. The van der Waals surface area contributed by atoms with Gasteiger partial charge in [0, 0.05) is 17.6 Å². The van der Waals surface area contributed by atoms with E-state index in [0.717, 1.165) is 24.1 Å². The lowest BCUT2D eigenvalue weighted by Crippen LogP contribution is -1.97. The quantitative estimate of drug-likeness (QED) is 0.740. The first-order chi connectivity index (χ1) is 9.22. The van der Waals surface area contributed by atoms with Crippen LogP contribution in [0.15, 0.2) is 36.4 Å². The monoisotopic (exact) mass is 279 g/mol. The van der Waals surface area contributed by atoms with Gasteiger partial charge in [-0.3, -0.25) is 0 Å². The highest BCUT2D eigenvalue weighted by Gasteiger charge is 2.07. The Kier molecular flexibility index (Phi) is 4.74. The molecule has 0 amide bonds. The van der Waals surface area contributed by atoms with Gasteiger partial charge in [0.05, 0.1) is 0 Å². The van der Waals surface area contributed by atoms with Crippen molar-refractivity contribution in [3.8, 4) is 11.6 Å². The predicted molar refractivity (Wildman–Crippen MR) is 74.3 cm³/mol. The molecular weight excluding hydrogens is 265 g/mol. The van der Waals surface area contributed by atoms with Crippen LogP contribution in [0.4, 0.5) is 4.39 Å². The Balaban J connectivity index is 2.29. The molecule has 0 bridgehead atoms. The third-order valence-corrected chi connectivity index (χ3v) is 2.93. The molecule has 0 aliphatic heterocycles. The van der Waals surface area contributed by atoms with E-state index in [-0.39, 0.29) is 5.75 Å². The zero-order chi connectivity index (χ0) is 13.7. The summed E-state index contributed by atoms with van der Waals surface area (Å²) in [5.41, 5.74) is 1.83. The molecule has 1 aromatic heterocycles. The molecule has 2 rings (SSSR count). The fraction of sp³-hybridized carbons (Fsp3) is 0.267. The van der Waals surface area contributed by atoms with Crippen LogP contribution in [0.2, 0.25) is 0 Å². The topological polar surface area (TPSA) is 22.1 Å². The van der Waals surface area contributed by atoms with E-state index < -0.39 is 5.82 Å². The Hall–Kier alpha value is -1.61. The average Bonchev–Trinajstić information content (AvgIpc) is 2.41. The molecule has 100 valence electrons. The highest BCUT2D eigenvalue weighted by molar-refractivity contribution is 6.17. The van der Waals surface area contributed by atoms with Gasteiger partial charge in [-0.15, -0.1) is 11.6 Å². The fourth-order valence-electron chi connectivity index (χ4n) is 1.77. The van der Waals surface area contributed by atoms with Crippen molar-refractivity contribution in [2.45, 2.75) is 25.6 Å². The molecule has 0 aliphatic carbocycles. The van der Waals surface area contributed by atoms with Gasteiger partial charge >= 0.3 is 0 Å². The molecule has 0 fully saturated rings. The number of rotatable bonds is 5. The van der Waals surface area contributed by atoms with Crippen LogP contribution in [0, 0.1) is 5.82 Å². The van der Waals surface area contributed by atoms with Crippen molar-refractivity contribution in [3.63, 3.8) is 0 Å². The van der Waals surface area contributed by atoms with E-state index >= 15 is 0 Å². The summed E-state index contributed by atoms with van der Waals surface area (Å²) in [6.45, 7) is 2.08. The minimum absolute atomic E-state index is 0.171. The van der Waals surface area contributed by atoms with Crippen LogP contribution < -0.4 is 4.74 Å². The number of hydrogen-bond acceptors (Lipinski definition) is 2. The van der Waals surface area contributed by atoms with Gasteiger partial charge in [0.15, 0.2) is 11.6 Å². The molecule has 0 radical (unpaired) electrons. The van der Waals surface area contributed by atoms with E-state index in [0.29, 0.717) is 11.8 Å². The second-order valence-electron chi connectivity index (χ2n) is 4.22. The highest BCUT2D eigenvalue weighted by Crippen LogP contribution is 2.24. The van der Waals surface area contributed by atoms with Gasteiger partial charge in [-0.1, -0.05) is 25.5 Å². The van der Waals surface area contributed by atoms with Crippen molar-refractivity contribution in [2.75, 3.05) is 0 Å². The summed E-state index contributed by atoms with van der Waals surface area (Å²) in [5, 5.41) is 0. The van der Waals surface area contributed by atoms with Crippen molar-refractivity contribution >= 4 is 11.6 Å². The van der Waals surface area contributed by atoms with Crippen molar-refractivity contribution in [1.82, 2.24) is 4.98 Å². The van der Waals surface area contributed by atoms with E-state index in [1.54, 1.807) is 24.3 Å². The van der Waals surface area contributed by atoms with E-state index in [9.17, 15) is 4.39 Å². The Morgan fingerprint density at radius 3 is 2.74 bits per heavy atom. The zero-order valence-electron chi connectivity index (χ0n) is 10.7. The number of halogens is 2. The maximum atomic E-state index is 13.5. The minimum atomic E-state index is -0.405. The Morgan fingerprint density at radius 2 is 2.05 bits per heavy atom. The van der Waals surface area contributed by atoms with Crippen molar-refractivity contribution in [1.29, 1.82) is 0 Å². The molecule has 0 saturated carbocycles. The number of alkyl halides is 1. The molecule has 1 aromatic carbocycles. The first-order valence-corrected chi connectivity index (χ1v) is 6.74. The summed E-state index contributed by atoms with van der Waals surface area (Å²) in [5.74, 6) is 0.529. The largest absolute Gasteiger partial charge is 0.436 e. The molecule has 0 N–H and O–H groups in total. The van der Waals surface area contributed by atoms with E-state index in [1.807, 2.05) is 6.07 Å². The fourth-order valence-corrected chi connectivity index (χ4v) is 1.93. The summed E-state index contributed by atoms with van der Waals surface area (Å²) in [6.07, 6.45) is 1.83. The van der Waals surface area contributed by atoms with Gasteiger partial charge in [0.1, 0.15) is 0 Å². The summed E-state index contributed by atoms with van der Waals surface area (Å²) in [4.78, 5) is 4.36. The van der Waals surface area contributed by atoms with Crippen LogP contribution in [0.1, 0.15) is 24.6 Å². The second-order valence-corrected chi connectivity index (χ2v) is 4.49. The number of aryl methyl sites for hydroxylation is 1. The Labute approximate surface area is 117 Å². The van der Waals surface area contributed by atoms with Crippen LogP contribution in [-0.2, 0) is 12.3 Å². The molecule has 0 spiro atoms. The van der Waals surface area contributed by atoms with Crippen molar-refractivity contribution in [2.24, 2.45) is 0 Å². The molecule has 0 unspecified atom stereocenters. The van der Waals surface area contributed by atoms with Gasteiger partial charge < -0.3 is 4.74 Å². The van der Waals surface area contributed by atoms with Crippen LogP contribution >= 0.6 is 11.6 Å². The maximum absolute atomic E-state index is 13.5. The van der Waals surface area contributed by atoms with Crippen LogP contribution in [-0.4, -0.2) is 4.98 Å². The van der Waals surface area contributed by atoms with Gasteiger partial charge in [-0.2, -0.15) is 0 Å². The Morgan fingerprint density at radius 1 is 1.26 bits per heavy atom. The number of hydrogen-bond donors (Lipinski definition) is 0. The first-order valence-electron chi connectivity index (χ1n) is 6.21. The molecule has 4 heteroatoms. The number of benzene rings is 1. The van der Waals surface area contributed by atoms with Crippen LogP contribution in [0.5, 0.6) is 11.6 Å². The first kappa shape index (κ1) is 13.8. The highest BCUT2D eigenvalue weighted by atomic mass is 35.5. The number of aromatic nitrogens is 1. The SMILES string of the molecule is CCCc1cc(CCl)cc(Oc2ccccc2F)n1. The van der Waals surface area contributed by atoms with Gasteiger partial charge in [-0.05, 0) is 30.2 Å². The van der Waals surface area contributed by atoms with Gasteiger partial charge in [0.25, 0.3) is 0 Å². The Bertz CT molecular complexity index is 560. The summed E-state index contributed by atoms with van der Waals surface area (Å²) < 4.78 is 19.0. The molecule has 0 atom stereocenters. The van der Waals surface area contributed by atoms with Crippen molar-refractivity contribution in [3.05, 3.63) is 53.5 Å². The molecule has 2 nitrogen and oxygen atoms in total.